The minimum Gasteiger partial charge on any atom is -0.462 e. The second kappa shape index (κ2) is 10.3. The van der Waals surface area contributed by atoms with Crippen molar-refractivity contribution in [1.82, 2.24) is 29.5 Å². The molecule has 0 unspecified atom stereocenters. The predicted octanol–water partition coefficient (Wildman–Crippen LogP) is 3.49. The van der Waals surface area contributed by atoms with E-state index < -0.39 is 11.9 Å². The number of hydrogen-bond acceptors (Lipinski definition) is 8. The minimum absolute atomic E-state index is 0.112. The Morgan fingerprint density at radius 3 is 1.46 bits per heavy atom. The molecule has 0 saturated carbocycles. The molecule has 0 aromatic carbocycles. The fourth-order valence-corrected chi connectivity index (χ4v) is 3.54. The molecule has 0 atom stereocenters. The van der Waals surface area contributed by atoms with E-state index in [2.05, 4.69) is 20.2 Å². The van der Waals surface area contributed by atoms with Gasteiger partial charge < -0.3 is 9.47 Å². The lowest BCUT2D eigenvalue weighted by Gasteiger charge is -2.08. The first-order valence-corrected chi connectivity index (χ1v) is 11.2. The molecule has 4 aromatic rings. The SMILES string of the molecule is Cc1cc(C)n(-c2ccc(C(=O)OCCCOC(=O)c3ccc(-n4nc(C)cc4C)nc3)cn2)n1. The van der Waals surface area contributed by atoms with Crippen LogP contribution in [0.3, 0.4) is 0 Å². The molecule has 0 radical (unpaired) electrons. The summed E-state index contributed by atoms with van der Waals surface area (Å²) in [5.41, 5.74) is 4.36. The van der Waals surface area contributed by atoms with Gasteiger partial charge in [-0.05, 0) is 64.1 Å². The van der Waals surface area contributed by atoms with E-state index >= 15 is 0 Å². The summed E-state index contributed by atoms with van der Waals surface area (Å²) in [5.74, 6) is 0.258. The zero-order chi connectivity index (χ0) is 24.9. The van der Waals surface area contributed by atoms with Gasteiger partial charge in [0.15, 0.2) is 11.6 Å². The average molecular weight is 475 g/mol. The van der Waals surface area contributed by atoms with Crippen LogP contribution in [0.2, 0.25) is 0 Å². The highest BCUT2D eigenvalue weighted by Gasteiger charge is 2.12. The summed E-state index contributed by atoms with van der Waals surface area (Å²) >= 11 is 0. The van der Waals surface area contributed by atoms with Crippen LogP contribution in [0.25, 0.3) is 11.6 Å². The lowest BCUT2D eigenvalue weighted by atomic mass is 10.3. The largest absolute Gasteiger partial charge is 0.462 e. The van der Waals surface area contributed by atoms with Crippen molar-refractivity contribution < 1.29 is 19.1 Å². The zero-order valence-corrected chi connectivity index (χ0v) is 20.1. The Balaban J connectivity index is 1.21. The van der Waals surface area contributed by atoms with Crippen molar-refractivity contribution in [3.63, 3.8) is 0 Å². The molecule has 180 valence electrons. The first kappa shape index (κ1) is 23.8. The molecule has 0 saturated heterocycles. The number of carbonyl (C=O) groups is 2. The highest BCUT2D eigenvalue weighted by Crippen LogP contribution is 2.12. The van der Waals surface area contributed by atoms with Crippen LogP contribution in [-0.4, -0.2) is 54.7 Å². The number of pyridine rings is 2. The number of hydrogen-bond donors (Lipinski definition) is 0. The van der Waals surface area contributed by atoms with Crippen LogP contribution in [0.5, 0.6) is 0 Å². The van der Waals surface area contributed by atoms with Crippen molar-refractivity contribution in [2.75, 3.05) is 13.2 Å². The summed E-state index contributed by atoms with van der Waals surface area (Å²) < 4.78 is 13.9. The number of ether oxygens (including phenoxy) is 2. The third-order valence-corrected chi connectivity index (χ3v) is 5.18. The van der Waals surface area contributed by atoms with E-state index in [-0.39, 0.29) is 13.2 Å². The number of nitrogens with zero attached hydrogens (tertiary/aromatic N) is 6. The summed E-state index contributed by atoms with van der Waals surface area (Å²) in [4.78, 5) is 33.1. The van der Waals surface area contributed by atoms with E-state index in [0.717, 1.165) is 22.8 Å². The summed E-state index contributed by atoms with van der Waals surface area (Å²) in [5, 5.41) is 8.74. The molecule has 0 aliphatic heterocycles. The van der Waals surface area contributed by atoms with E-state index in [1.807, 2.05) is 39.8 Å². The molecule has 0 fully saturated rings. The lowest BCUT2D eigenvalue weighted by Crippen LogP contribution is -2.12. The Bertz CT molecular complexity index is 1240. The van der Waals surface area contributed by atoms with E-state index in [0.29, 0.717) is 29.2 Å². The average Bonchev–Trinajstić information content (AvgIpc) is 3.37. The molecule has 0 amide bonds. The van der Waals surface area contributed by atoms with Gasteiger partial charge in [-0.15, -0.1) is 0 Å². The third kappa shape index (κ3) is 5.60. The molecular weight excluding hydrogens is 448 g/mol. The maximum atomic E-state index is 12.2. The van der Waals surface area contributed by atoms with Crippen molar-refractivity contribution in [2.24, 2.45) is 0 Å². The topological polar surface area (TPSA) is 114 Å². The third-order valence-electron chi connectivity index (χ3n) is 5.18. The van der Waals surface area contributed by atoms with Crippen molar-refractivity contribution in [1.29, 1.82) is 0 Å². The molecular formula is C25H26N6O4. The van der Waals surface area contributed by atoms with Gasteiger partial charge in [-0.2, -0.15) is 10.2 Å². The summed E-state index contributed by atoms with van der Waals surface area (Å²) in [6.45, 7) is 7.91. The quantitative estimate of drug-likeness (QED) is 0.282. The van der Waals surface area contributed by atoms with Gasteiger partial charge in [0.2, 0.25) is 0 Å². The van der Waals surface area contributed by atoms with Gasteiger partial charge in [0.25, 0.3) is 0 Å². The van der Waals surface area contributed by atoms with Crippen molar-refractivity contribution in [3.05, 3.63) is 82.7 Å². The van der Waals surface area contributed by atoms with Gasteiger partial charge >= 0.3 is 11.9 Å². The van der Waals surface area contributed by atoms with Crippen LogP contribution in [0.1, 0.15) is 49.9 Å². The van der Waals surface area contributed by atoms with Crippen LogP contribution >= 0.6 is 0 Å². The van der Waals surface area contributed by atoms with E-state index in [1.54, 1.807) is 33.6 Å². The Morgan fingerprint density at radius 2 is 1.14 bits per heavy atom. The van der Waals surface area contributed by atoms with Gasteiger partial charge in [-0.25, -0.2) is 28.9 Å². The van der Waals surface area contributed by atoms with Gasteiger partial charge in [0.05, 0.1) is 35.7 Å². The molecule has 0 N–H and O–H groups in total. The van der Waals surface area contributed by atoms with Gasteiger partial charge in [0.1, 0.15) is 0 Å². The molecule has 0 spiro atoms. The fraction of sp³-hybridized carbons (Fsp3) is 0.280. The first-order valence-electron chi connectivity index (χ1n) is 11.2. The van der Waals surface area contributed by atoms with Crippen LogP contribution in [0.4, 0.5) is 0 Å². The molecule has 4 heterocycles. The second-order valence-corrected chi connectivity index (χ2v) is 8.11. The Labute approximate surface area is 202 Å². The normalized spacial score (nSPS) is 10.9. The maximum Gasteiger partial charge on any atom is 0.339 e. The maximum absolute atomic E-state index is 12.2. The predicted molar refractivity (Wildman–Crippen MR) is 127 cm³/mol. The number of esters is 2. The van der Waals surface area contributed by atoms with Crippen LogP contribution < -0.4 is 0 Å². The molecule has 10 heteroatoms. The molecule has 0 aliphatic rings. The van der Waals surface area contributed by atoms with Crippen molar-refractivity contribution in [2.45, 2.75) is 34.1 Å². The van der Waals surface area contributed by atoms with Crippen LogP contribution in [0, 0.1) is 27.7 Å². The minimum atomic E-state index is -0.493. The molecule has 4 rings (SSSR count). The number of carbonyl (C=O) groups excluding carboxylic acids is 2. The monoisotopic (exact) mass is 474 g/mol. The summed E-state index contributed by atoms with van der Waals surface area (Å²) in [7, 11) is 0. The smallest absolute Gasteiger partial charge is 0.339 e. The lowest BCUT2D eigenvalue weighted by molar-refractivity contribution is 0.0395. The molecule has 4 aromatic heterocycles. The molecule has 10 nitrogen and oxygen atoms in total. The Hall–Kier alpha value is -4.34. The molecule has 0 bridgehead atoms. The second-order valence-electron chi connectivity index (χ2n) is 8.11. The van der Waals surface area contributed by atoms with Gasteiger partial charge in [-0.1, -0.05) is 0 Å². The van der Waals surface area contributed by atoms with Gasteiger partial charge in [-0.3, -0.25) is 0 Å². The van der Waals surface area contributed by atoms with Crippen LogP contribution in [0.15, 0.2) is 48.8 Å². The van der Waals surface area contributed by atoms with Crippen molar-refractivity contribution >= 4 is 11.9 Å². The standard InChI is InChI=1S/C25H26N6O4/c1-16-12-18(3)30(28-16)22-8-6-20(14-26-22)24(32)34-10-5-11-35-25(33)21-7-9-23(27-15-21)31-19(4)13-17(2)29-31/h6-9,12-15H,5,10-11H2,1-4H3. The Kier molecular flexibility index (Phi) is 7.00. The first-order chi connectivity index (χ1) is 16.8. The van der Waals surface area contributed by atoms with E-state index in [4.69, 9.17) is 9.47 Å². The highest BCUT2D eigenvalue weighted by atomic mass is 16.5. The summed E-state index contributed by atoms with van der Waals surface area (Å²) in [6, 6.07) is 10.6. The number of rotatable bonds is 8. The molecule has 35 heavy (non-hydrogen) atoms. The fourth-order valence-electron chi connectivity index (χ4n) is 3.54. The molecule has 0 aliphatic carbocycles. The van der Waals surface area contributed by atoms with E-state index in [1.165, 1.54) is 12.4 Å². The van der Waals surface area contributed by atoms with Gasteiger partial charge in [0, 0.05) is 30.2 Å². The summed E-state index contributed by atoms with van der Waals surface area (Å²) in [6.07, 6.45) is 3.28. The van der Waals surface area contributed by atoms with Crippen LogP contribution in [-0.2, 0) is 9.47 Å². The van der Waals surface area contributed by atoms with E-state index in [9.17, 15) is 9.59 Å². The number of aryl methyl sites for hydroxylation is 4. The zero-order valence-electron chi connectivity index (χ0n) is 20.1. The highest BCUT2D eigenvalue weighted by molar-refractivity contribution is 5.89. The number of aromatic nitrogens is 6. The Morgan fingerprint density at radius 1 is 0.714 bits per heavy atom. The van der Waals surface area contributed by atoms with Crippen molar-refractivity contribution in [3.8, 4) is 11.6 Å².